The molecule has 1 aliphatic heterocycles. The third-order valence-corrected chi connectivity index (χ3v) is 4.36. The normalized spacial score (nSPS) is 22.9. The van der Waals surface area contributed by atoms with Crippen molar-refractivity contribution in [1.82, 2.24) is 0 Å². The number of aliphatic hydroxyl groups is 1. The van der Waals surface area contributed by atoms with Gasteiger partial charge in [0.05, 0.1) is 6.10 Å². The van der Waals surface area contributed by atoms with Crippen molar-refractivity contribution in [3.05, 3.63) is 50.6 Å². The van der Waals surface area contributed by atoms with Gasteiger partial charge in [-0.05, 0) is 29.6 Å². The lowest BCUT2D eigenvalue weighted by Gasteiger charge is -2.29. The molecule has 0 spiro atoms. The number of hydrogen-bond donors (Lipinski definition) is 1. The Morgan fingerprint density at radius 1 is 1.35 bits per heavy atom. The minimum Gasteiger partial charge on any atom is -0.484 e. The van der Waals surface area contributed by atoms with E-state index >= 15 is 0 Å². The van der Waals surface area contributed by atoms with E-state index in [9.17, 15) is 5.11 Å². The average Bonchev–Trinajstić information content (AvgIpc) is 2.83. The average molecular weight is 311 g/mol. The van der Waals surface area contributed by atoms with Crippen molar-refractivity contribution in [1.29, 1.82) is 0 Å². The first-order valence-electron chi connectivity index (χ1n) is 5.41. The van der Waals surface area contributed by atoms with Crippen LogP contribution in [0.5, 0.6) is 5.75 Å². The van der Waals surface area contributed by atoms with Crippen molar-refractivity contribution in [2.75, 3.05) is 0 Å². The van der Waals surface area contributed by atoms with Gasteiger partial charge in [0.25, 0.3) is 0 Å². The molecule has 0 bridgehead atoms. The molecule has 1 aliphatic rings. The Morgan fingerprint density at radius 2 is 2.24 bits per heavy atom. The zero-order chi connectivity index (χ0) is 11.8. The van der Waals surface area contributed by atoms with Gasteiger partial charge in [0.1, 0.15) is 11.9 Å². The summed E-state index contributed by atoms with van der Waals surface area (Å²) in [6.45, 7) is 0. The topological polar surface area (TPSA) is 29.5 Å². The molecule has 2 atom stereocenters. The lowest BCUT2D eigenvalue weighted by Crippen LogP contribution is -2.18. The Balaban J connectivity index is 1.96. The van der Waals surface area contributed by atoms with Crippen LogP contribution in [0.4, 0.5) is 0 Å². The maximum absolute atomic E-state index is 10.2. The highest BCUT2D eigenvalue weighted by Gasteiger charge is 2.28. The molecule has 0 saturated heterocycles. The summed E-state index contributed by atoms with van der Waals surface area (Å²) in [5.74, 6) is 0.783. The van der Waals surface area contributed by atoms with Crippen LogP contribution in [0.25, 0.3) is 0 Å². The van der Waals surface area contributed by atoms with Gasteiger partial charge in [-0.1, -0.05) is 22.0 Å². The second-order valence-corrected chi connectivity index (χ2v) is 5.95. The Bertz CT molecular complexity index is 524. The van der Waals surface area contributed by atoms with Crippen molar-refractivity contribution in [2.24, 2.45) is 0 Å². The molecule has 2 nitrogen and oxygen atoms in total. The number of halogens is 1. The van der Waals surface area contributed by atoms with Gasteiger partial charge in [-0.3, -0.25) is 0 Å². The fourth-order valence-electron chi connectivity index (χ4n) is 2.07. The summed E-state index contributed by atoms with van der Waals surface area (Å²) in [5, 5.41) is 12.2. The highest BCUT2D eigenvalue weighted by Crippen LogP contribution is 2.42. The third-order valence-electron chi connectivity index (χ3n) is 2.90. The van der Waals surface area contributed by atoms with Crippen molar-refractivity contribution in [3.8, 4) is 5.75 Å². The number of fused-ring (bicyclic) bond motifs is 1. The maximum Gasteiger partial charge on any atom is 0.136 e. The van der Waals surface area contributed by atoms with Crippen LogP contribution in [0.15, 0.2) is 40.2 Å². The fraction of sp³-hybridized carbons (Fsp3) is 0.231. The first-order valence-corrected chi connectivity index (χ1v) is 7.09. The summed E-state index contributed by atoms with van der Waals surface area (Å²) < 4.78 is 6.90. The van der Waals surface area contributed by atoms with Crippen molar-refractivity contribution >= 4 is 27.3 Å². The van der Waals surface area contributed by atoms with Crippen LogP contribution < -0.4 is 4.74 Å². The number of thiophene rings is 1. The number of ether oxygens (including phenoxy) is 1. The van der Waals surface area contributed by atoms with E-state index in [1.165, 1.54) is 0 Å². The Kier molecular flexibility index (Phi) is 2.94. The standard InChI is InChI=1S/C13H11BrO2S/c14-8-3-4-11-9(6-8)10(15)7-12(16-11)13-2-1-5-17-13/h1-6,10,12,15H,7H2/t10-,12?/m0/s1. The monoisotopic (exact) mass is 310 g/mol. The predicted octanol–water partition coefficient (Wildman–Crippen LogP) is 4.07. The summed E-state index contributed by atoms with van der Waals surface area (Å²) in [4.78, 5) is 1.16. The van der Waals surface area contributed by atoms with Gasteiger partial charge in [0, 0.05) is 21.3 Å². The molecule has 3 rings (SSSR count). The first-order chi connectivity index (χ1) is 8.24. The van der Waals surface area contributed by atoms with Gasteiger partial charge in [0.15, 0.2) is 0 Å². The minimum atomic E-state index is -0.455. The second kappa shape index (κ2) is 4.44. The van der Waals surface area contributed by atoms with Crippen LogP contribution in [0.3, 0.4) is 0 Å². The van der Waals surface area contributed by atoms with Gasteiger partial charge in [-0.15, -0.1) is 11.3 Å². The minimum absolute atomic E-state index is 0.0290. The van der Waals surface area contributed by atoms with E-state index in [-0.39, 0.29) is 6.10 Å². The van der Waals surface area contributed by atoms with Crippen LogP contribution in [0, 0.1) is 0 Å². The SMILES string of the molecule is O[C@H]1CC(c2cccs2)Oc2ccc(Br)cc21. The van der Waals surface area contributed by atoms with Gasteiger partial charge in [0.2, 0.25) is 0 Å². The number of hydrogen-bond acceptors (Lipinski definition) is 3. The van der Waals surface area contributed by atoms with E-state index in [4.69, 9.17) is 4.74 Å². The van der Waals surface area contributed by atoms with E-state index in [1.54, 1.807) is 11.3 Å². The summed E-state index contributed by atoms with van der Waals surface area (Å²) in [7, 11) is 0. The predicted molar refractivity (Wildman–Crippen MR) is 71.4 cm³/mol. The van der Waals surface area contributed by atoms with Gasteiger partial charge < -0.3 is 9.84 Å². The smallest absolute Gasteiger partial charge is 0.136 e. The molecule has 2 heterocycles. The van der Waals surface area contributed by atoms with E-state index in [0.717, 1.165) is 20.7 Å². The molecule has 4 heteroatoms. The molecular weight excluding hydrogens is 300 g/mol. The van der Waals surface area contributed by atoms with Crippen molar-refractivity contribution < 1.29 is 9.84 Å². The summed E-state index contributed by atoms with van der Waals surface area (Å²) >= 11 is 5.07. The Morgan fingerprint density at radius 3 is 3.00 bits per heavy atom. The number of rotatable bonds is 1. The molecule has 1 aromatic heterocycles. The van der Waals surface area contributed by atoms with E-state index in [0.29, 0.717) is 6.42 Å². The van der Waals surface area contributed by atoms with Crippen LogP contribution in [0.1, 0.15) is 29.1 Å². The molecule has 88 valence electrons. The van der Waals surface area contributed by atoms with Gasteiger partial charge in [-0.25, -0.2) is 0 Å². The quantitative estimate of drug-likeness (QED) is 0.860. The molecule has 0 amide bonds. The van der Waals surface area contributed by atoms with Crippen LogP contribution in [-0.4, -0.2) is 5.11 Å². The molecule has 1 aromatic carbocycles. The fourth-order valence-corrected chi connectivity index (χ4v) is 3.21. The van der Waals surface area contributed by atoms with Crippen LogP contribution >= 0.6 is 27.3 Å². The lowest BCUT2D eigenvalue weighted by atomic mass is 9.98. The summed E-state index contributed by atoms with van der Waals surface area (Å²) in [6.07, 6.45) is 0.131. The molecule has 1 unspecified atom stereocenters. The van der Waals surface area contributed by atoms with E-state index in [2.05, 4.69) is 15.9 Å². The molecule has 0 radical (unpaired) electrons. The number of benzene rings is 1. The van der Waals surface area contributed by atoms with Crippen molar-refractivity contribution in [2.45, 2.75) is 18.6 Å². The highest BCUT2D eigenvalue weighted by atomic mass is 79.9. The van der Waals surface area contributed by atoms with E-state index in [1.807, 2.05) is 35.7 Å². The molecule has 0 fully saturated rings. The molecular formula is C13H11BrO2S. The summed E-state index contributed by atoms with van der Waals surface area (Å²) in [5.41, 5.74) is 0.868. The lowest BCUT2D eigenvalue weighted by molar-refractivity contribution is 0.0674. The third kappa shape index (κ3) is 2.12. The zero-order valence-electron chi connectivity index (χ0n) is 8.97. The Hall–Kier alpha value is -0.840. The number of aliphatic hydroxyl groups excluding tert-OH is 1. The first kappa shape index (κ1) is 11.3. The van der Waals surface area contributed by atoms with Crippen molar-refractivity contribution in [3.63, 3.8) is 0 Å². The van der Waals surface area contributed by atoms with Gasteiger partial charge in [-0.2, -0.15) is 0 Å². The molecule has 2 aromatic rings. The molecule has 0 aliphatic carbocycles. The molecule has 1 N–H and O–H groups in total. The van der Waals surface area contributed by atoms with E-state index < -0.39 is 6.10 Å². The van der Waals surface area contributed by atoms with Crippen LogP contribution in [0.2, 0.25) is 0 Å². The van der Waals surface area contributed by atoms with Gasteiger partial charge >= 0.3 is 0 Å². The second-order valence-electron chi connectivity index (χ2n) is 4.06. The zero-order valence-corrected chi connectivity index (χ0v) is 11.4. The molecule has 0 saturated carbocycles. The highest BCUT2D eigenvalue weighted by molar-refractivity contribution is 9.10. The largest absolute Gasteiger partial charge is 0.484 e. The van der Waals surface area contributed by atoms with Crippen LogP contribution in [-0.2, 0) is 0 Å². The Labute approximate surface area is 112 Å². The molecule has 17 heavy (non-hydrogen) atoms. The summed E-state index contributed by atoms with van der Waals surface area (Å²) in [6, 6.07) is 9.81. The maximum atomic E-state index is 10.2.